The van der Waals surface area contributed by atoms with E-state index in [1.165, 1.54) is 16.2 Å². The van der Waals surface area contributed by atoms with Crippen LogP contribution in [0.4, 0.5) is 0 Å². The molecule has 0 saturated carbocycles. The van der Waals surface area contributed by atoms with Crippen LogP contribution >= 0.6 is 11.5 Å². The van der Waals surface area contributed by atoms with Gasteiger partial charge in [0.2, 0.25) is 0 Å². The fourth-order valence-corrected chi connectivity index (χ4v) is 2.01. The van der Waals surface area contributed by atoms with Gasteiger partial charge in [-0.25, -0.2) is 4.98 Å². The first-order valence-corrected chi connectivity index (χ1v) is 5.18. The number of hydrogen-bond acceptors (Lipinski definition) is 3. The third-order valence-corrected chi connectivity index (χ3v) is 2.99. The summed E-state index contributed by atoms with van der Waals surface area (Å²) in [5, 5.41) is 0. The van der Waals surface area contributed by atoms with Crippen LogP contribution in [-0.2, 0) is 0 Å². The summed E-state index contributed by atoms with van der Waals surface area (Å²) >= 11 is 1.52. The van der Waals surface area contributed by atoms with E-state index < -0.39 is 0 Å². The molecule has 0 radical (unpaired) electrons. The van der Waals surface area contributed by atoms with Crippen molar-refractivity contribution in [2.24, 2.45) is 0 Å². The highest BCUT2D eigenvalue weighted by Crippen LogP contribution is 2.22. The van der Waals surface area contributed by atoms with Crippen molar-refractivity contribution in [3.8, 4) is 0 Å². The minimum Gasteiger partial charge on any atom is -0.250 e. The summed E-state index contributed by atoms with van der Waals surface area (Å²) in [6.07, 6.45) is 0. The molecule has 0 aromatic carbocycles. The fraction of sp³-hybridized carbons (Fsp3) is 0.400. The summed E-state index contributed by atoms with van der Waals surface area (Å²) in [5.74, 6) is 0.490. The van der Waals surface area contributed by atoms with E-state index in [1.807, 2.05) is 6.92 Å². The summed E-state index contributed by atoms with van der Waals surface area (Å²) in [7, 11) is 0. The molecule has 0 amide bonds. The molecule has 13 heavy (non-hydrogen) atoms. The van der Waals surface area contributed by atoms with Gasteiger partial charge in [0, 0.05) is 5.69 Å². The monoisotopic (exact) mass is 192 g/mol. The predicted molar refractivity (Wildman–Crippen MR) is 56.2 cm³/mol. The van der Waals surface area contributed by atoms with E-state index in [0.29, 0.717) is 5.92 Å². The highest BCUT2D eigenvalue weighted by atomic mass is 32.1. The van der Waals surface area contributed by atoms with Crippen molar-refractivity contribution in [2.45, 2.75) is 26.7 Å². The molecule has 0 fully saturated rings. The van der Waals surface area contributed by atoms with Crippen LogP contribution in [0.5, 0.6) is 0 Å². The maximum Gasteiger partial charge on any atom is 0.104 e. The molecule has 68 valence electrons. The number of nitrogens with zero attached hydrogens (tertiary/aromatic N) is 2. The maximum absolute atomic E-state index is 4.58. The Morgan fingerprint density at radius 2 is 2.08 bits per heavy atom. The Bertz CT molecular complexity index is 431. The lowest BCUT2D eigenvalue weighted by Gasteiger charge is -2.02. The minimum absolute atomic E-state index is 0.490. The van der Waals surface area contributed by atoms with Crippen molar-refractivity contribution in [1.82, 2.24) is 9.36 Å². The zero-order valence-corrected chi connectivity index (χ0v) is 8.85. The summed E-state index contributed by atoms with van der Waals surface area (Å²) in [6.45, 7) is 6.32. The smallest absolute Gasteiger partial charge is 0.104 e. The molecule has 2 heterocycles. The molecule has 0 spiro atoms. The topological polar surface area (TPSA) is 25.8 Å². The van der Waals surface area contributed by atoms with Gasteiger partial charge in [0.1, 0.15) is 5.52 Å². The first-order valence-electron chi connectivity index (χ1n) is 4.41. The molecule has 0 bridgehead atoms. The molecule has 0 aliphatic carbocycles. The summed E-state index contributed by atoms with van der Waals surface area (Å²) in [5.41, 5.74) is 3.26. The summed E-state index contributed by atoms with van der Waals surface area (Å²) < 4.78 is 5.46. The van der Waals surface area contributed by atoms with Gasteiger partial charge in [-0.05, 0) is 36.5 Å². The molecule has 0 saturated heterocycles. The van der Waals surface area contributed by atoms with Crippen LogP contribution in [0.1, 0.15) is 31.2 Å². The predicted octanol–water partition coefficient (Wildman–Crippen LogP) is 3.12. The van der Waals surface area contributed by atoms with E-state index in [2.05, 4.69) is 35.3 Å². The minimum atomic E-state index is 0.490. The number of fused-ring (bicyclic) bond motifs is 1. The number of hydrogen-bond donors (Lipinski definition) is 0. The highest BCUT2D eigenvalue weighted by Gasteiger charge is 2.06. The van der Waals surface area contributed by atoms with Gasteiger partial charge in [-0.15, -0.1) is 0 Å². The lowest BCUT2D eigenvalue weighted by atomic mass is 10.1. The third-order valence-electron chi connectivity index (χ3n) is 2.09. The fourth-order valence-electron chi connectivity index (χ4n) is 1.28. The van der Waals surface area contributed by atoms with Crippen molar-refractivity contribution in [1.29, 1.82) is 0 Å². The van der Waals surface area contributed by atoms with E-state index in [1.54, 1.807) is 0 Å². The van der Waals surface area contributed by atoms with Crippen molar-refractivity contribution < 1.29 is 0 Å². The molecule has 2 nitrogen and oxygen atoms in total. The normalized spacial score (nSPS) is 11.4. The van der Waals surface area contributed by atoms with Crippen LogP contribution in [-0.4, -0.2) is 9.36 Å². The van der Waals surface area contributed by atoms with Gasteiger partial charge in [0.25, 0.3) is 0 Å². The number of aryl methyl sites for hydroxylation is 1. The number of pyridine rings is 1. The molecule has 0 aliphatic rings. The molecule has 2 aromatic rings. The van der Waals surface area contributed by atoms with E-state index in [4.69, 9.17) is 0 Å². The van der Waals surface area contributed by atoms with Crippen LogP contribution in [0, 0.1) is 6.92 Å². The maximum atomic E-state index is 4.58. The van der Waals surface area contributed by atoms with E-state index in [9.17, 15) is 0 Å². The molecule has 0 aliphatic heterocycles. The van der Waals surface area contributed by atoms with E-state index in [0.717, 1.165) is 16.9 Å². The molecule has 0 unspecified atom stereocenters. The van der Waals surface area contributed by atoms with Gasteiger partial charge in [0.15, 0.2) is 0 Å². The average Bonchev–Trinajstić information content (AvgIpc) is 2.47. The zero-order valence-electron chi connectivity index (χ0n) is 8.03. The van der Waals surface area contributed by atoms with Gasteiger partial charge in [-0.1, -0.05) is 13.8 Å². The van der Waals surface area contributed by atoms with Crippen LogP contribution in [0.3, 0.4) is 0 Å². The van der Waals surface area contributed by atoms with Gasteiger partial charge in [-0.3, -0.25) is 0 Å². The molecule has 0 N–H and O–H groups in total. The summed E-state index contributed by atoms with van der Waals surface area (Å²) in [4.78, 5) is 4.58. The third kappa shape index (κ3) is 1.44. The number of aromatic nitrogens is 2. The Morgan fingerprint density at radius 3 is 2.77 bits per heavy atom. The number of rotatable bonds is 1. The SMILES string of the molecule is Cc1nsc2ccc(C(C)C)nc12. The van der Waals surface area contributed by atoms with Gasteiger partial charge >= 0.3 is 0 Å². The van der Waals surface area contributed by atoms with E-state index in [-0.39, 0.29) is 0 Å². The Kier molecular flexibility index (Phi) is 2.04. The Morgan fingerprint density at radius 1 is 1.31 bits per heavy atom. The second-order valence-corrected chi connectivity index (χ2v) is 4.31. The first-order chi connectivity index (χ1) is 6.18. The second kappa shape index (κ2) is 3.07. The largest absolute Gasteiger partial charge is 0.250 e. The molecule has 2 aromatic heterocycles. The van der Waals surface area contributed by atoms with Crippen LogP contribution < -0.4 is 0 Å². The average molecular weight is 192 g/mol. The van der Waals surface area contributed by atoms with Crippen molar-refractivity contribution >= 4 is 21.7 Å². The Hall–Kier alpha value is -0.960. The Labute approximate surface area is 81.8 Å². The standard InChI is InChI=1S/C10H12N2S/c1-6(2)8-4-5-9-10(11-8)7(3)12-13-9/h4-6H,1-3H3. The van der Waals surface area contributed by atoms with Crippen LogP contribution in [0.15, 0.2) is 12.1 Å². The van der Waals surface area contributed by atoms with Crippen LogP contribution in [0.25, 0.3) is 10.2 Å². The van der Waals surface area contributed by atoms with E-state index >= 15 is 0 Å². The zero-order chi connectivity index (χ0) is 9.42. The van der Waals surface area contributed by atoms with Crippen molar-refractivity contribution in [2.75, 3.05) is 0 Å². The molecular weight excluding hydrogens is 180 g/mol. The van der Waals surface area contributed by atoms with Gasteiger partial charge in [-0.2, -0.15) is 4.37 Å². The van der Waals surface area contributed by atoms with Crippen molar-refractivity contribution in [3.63, 3.8) is 0 Å². The lowest BCUT2D eigenvalue weighted by molar-refractivity contribution is 0.830. The molecule has 2 rings (SSSR count). The second-order valence-electron chi connectivity index (χ2n) is 3.51. The van der Waals surface area contributed by atoms with Gasteiger partial charge < -0.3 is 0 Å². The lowest BCUT2D eigenvalue weighted by Crippen LogP contribution is -1.91. The highest BCUT2D eigenvalue weighted by molar-refractivity contribution is 7.13. The molecule has 3 heteroatoms. The van der Waals surface area contributed by atoms with Crippen LogP contribution in [0.2, 0.25) is 0 Å². The summed E-state index contributed by atoms with van der Waals surface area (Å²) in [6, 6.07) is 4.20. The quantitative estimate of drug-likeness (QED) is 0.693. The van der Waals surface area contributed by atoms with Gasteiger partial charge in [0.05, 0.1) is 10.4 Å². The molecule has 0 atom stereocenters. The first kappa shape index (κ1) is 8.63. The molecular formula is C10H12N2S. The van der Waals surface area contributed by atoms with Crippen molar-refractivity contribution in [3.05, 3.63) is 23.5 Å². The Balaban J connectivity index is 2.66.